The maximum Gasteiger partial charge on any atom is 0.265 e. The Bertz CT molecular complexity index is 1020. The van der Waals surface area contributed by atoms with E-state index < -0.39 is 16.1 Å². The van der Waals surface area contributed by atoms with Gasteiger partial charge in [-0.3, -0.25) is 4.79 Å². The van der Waals surface area contributed by atoms with Crippen LogP contribution in [0.25, 0.3) is 0 Å². The molecule has 1 aliphatic heterocycles. The second kappa shape index (κ2) is 10.2. The summed E-state index contributed by atoms with van der Waals surface area (Å²) in [6.45, 7) is 4.80. The molecule has 1 N–H and O–H groups in total. The van der Waals surface area contributed by atoms with Crippen molar-refractivity contribution in [1.82, 2.24) is 4.31 Å². The minimum Gasteiger partial charge on any atom is -0.495 e. The third-order valence-corrected chi connectivity index (χ3v) is 7.30. The Hall–Kier alpha value is -2.58. The van der Waals surface area contributed by atoms with Crippen LogP contribution in [0.3, 0.4) is 0 Å². The number of anilines is 1. The fraction of sp³-hybridized carbons (Fsp3) is 0.435. The van der Waals surface area contributed by atoms with Crippen LogP contribution < -0.4 is 14.8 Å². The van der Waals surface area contributed by atoms with Gasteiger partial charge in [-0.15, -0.1) is 0 Å². The molecule has 0 unspecified atom stereocenters. The zero-order chi connectivity index (χ0) is 22.4. The van der Waals surface area contributed by atoms with Crippen molar-refractivity contribution >= 4 is 21.6 Å². The number of sulfonamides is 1. The Morgan fingerprint density at radius 2 is 1.81 bits per heavy atom. The first-order valence-electron chi connectivity index (χ1n) is 10.6. The highest BCUT2D eigenvalue weighted by atomic mass is 32.2. The van der Waals surface area contributed by atoms with E-state index in [0.717, 1.165) is 24.8 Å². The van der Waals surface area contributed by atoms with Crippen molar-refractivity contribution in [2.75, 3.05) is 25.5 Å². The lowest BCUT2D eigenvalue weighted by molar-refractivity contribution is -0.122. The standard InChI is InChI=1S/C23H30N2O5S/c1-4-20(30-21-11-7-6-10-17(21)2)23(26)24-19-16-18(12-13-22(19)29-3)31(27,28)25-14-8-5-9-15-25/h6-7,10-13,16,20H,4-5,8-9,14-15H2,1-3H3,(H,24,26)/t20-/m1/s1. The summed E-state index contributed by atoms with van der Waals surface area (Å²) in [5, 5.41) is 2.80. The molecular formula is C23H30N2O5S. The van der Waals surface area contributed by atoms with E-state index in [1.54, 1.807) is 6.07 Å². The van der Waals surface area contributed by atoms with E-state index in [1.165, 1.54) is 23.5 Å². The minimum atomic E-state index is -3.63. The number of nitrogens with one attached hydrogen (secondary N) is 1. The number of aryl methyl sites for hydroxylation is 1. The van der Waals surface area contributed by atoms with Crippen LogP contribution in [0.15, 0.2) is 47.4 Å². The van der Waals surface area contributed by atoms with Gasteiger partial charge in [-0.2, -0.15) is 4.31 Å². The second-order valence-electron chi connectivity index (χ2n) is 7.60. The van der Waals surface area contributed by atoms with Crippen LogP contribution in [-0.2, 0) is 14.8 Å². The Morgan fingerprint density at radius 3 is 2.45 bits per heavy atom. The normalized spacial score (nSPS) is 15.8. The van der Waals surface area contributed by atoms with E-state index >= 15 is 0 Å². The second-order valence-corrected chi connectivity index (χ2v) is 9.53. The molecule has 0 saturated carbocycles. The minimum absolute atomic E-state index is 0.137. The summed E-state index contributed by atoms with van der Waals surface area (Å²) in [4.78, 5) is 13.1. The third-order valence-electron chi connectivity index (χ3n) is 5.41. The number of amides is 1. The highest BCUT2D eigenvalue weighted by molar-refractivity contribution is 7.89. The molecule has 8 heteroatoms. The zero-order valence-corrected chi connectivity index (χ0v) is 19.1. The lowest BCUT2D eigenvalue weighted by atomic mass is 10.2. The molecule has 1 atom stereocenters. The Morgan fingerprint density at radius 1 is 1.10 bits per heavy atom. The number of benzene rings is 2. The Balaban J connectivity index is 1.83. The monoisotopic (exact) mass is 446 g/mol. The summed E-state index contributed by atoms with van der Waals surface area (Å²) in [5.41, 5.74) is 1.23. The molecule has 1 heterocycles. The van der Waals surface area contributed by atoms with Gasteiger partial charge in [0.1, 0.15) is 11.5 Å². The fourth-order valence-electron chi connectivity index (χ4n) is 3.58. The summed E-state index contributed by atoms with van der Waals surface area (Å²) < 4.78 is 38.8. The molecule has 2 aromatic carbocycles. The van der Waals surface area contributed by atoms with Crippen LogP contribution in [0.4, 0.5) is 5.69 Å². The molecular weight excluding hydrogens is 416 g/mol. The van der Waals surface area contributed by atoms with Gasteiger partial charge in [-0.05, 0) is 56.0 Å². The van der Waals surface area contributed by atoms with Crippen molar-refractivity contribution in [2.24, 2.45) is 0 Å². The van der Waals surface area contributed by atoms with Crippen LogP contribution >= 0.6 is 0 Å². The quantitative estimate of drug-likeness (QED) is 0.663. The van der Waals surface area contributed by atoms with Crippen LogP contribution in [0.1, 0.15) is 38.2 Å². The Labute approximate surface area is 184 Å². The van der Waals surface area contributed by atoms with E-state index in [4.69, 9.17) is 9.47 Å². The van der Waals surface area contributed by atoms with Gasteiger partial charge in [0.2, 0.25) is 10.0 Å². The summed E-state index contributed by atoms with van der Waals surface area (Å²) in [6.07, 6.45) is 2.47. The van der Waals surface area contributed by atoms with Crippen molar-refractivity contribution < 1.29 is 22.7 Å². The van der Waals surface area contributed by atoms with E-state index in [2.05, 4.69) is 5.32 Å². The molecule has 0 radical (unpaired) electrons. The first-order valence-corrected chi connectivity index (χ1v) is 12.0. The van der Waals surface area contributed by atoms with Crippen LogP contribution in [-0.4, -0.2) is 44.9 Å². The number of para-hydroxylation sites is 1. The number of carbonyl (C=O) groups excluding carboxylic acids is 1. The molecule has 0 aromatic heterocycles. The molecule has 31 heavy (non-hydrogen) atoms. The van der Waals surface area contributed by atoms with Crippen LogP contribution in [0.2, 0.25) is 0 Å². The molecule has 2 aromatic rings. The first-order chi connectivity index (χ1) is 14.9. The molecule has 1 aliphatic rings. The molecule has 1 saturated heterocycles. The highest BCUT2D eigenvalue weighted by Gasteiger charge is 2.27. The first kappa shape index (κ1) is 23.1. The van der Waals surface area contributed by atoms with Gasteiger partial charge in [-0.1, -0.05) is 31.5 Å². The lowest BCUT2D eigenvalue weighted by Crippen LogP contribution is -2.35. The fourth-order valence-corrected chi connectivity index (χ4v) is 5.12. The highest BCUT2D eigenvalue weighted by Crippen LogP contribution is 2.30. The Kier molecular flexibility index (Phi) is 7.56. The average Bonchev–Trinajstić information content (AvgIpc) is 2.79. The summed E-state index contributed by atoms with van der Waals surface area (Å²) >= 11 is 0. The van der Waals surface area contributed by atoms with Gasteiger partial charge < -0.3 is 14.8 Å². The SMILES string of the molecule is CC[C@@H](Oc1ccccc1C)C(=O)Nc1cc(S(=O)(=O)N2CCCCC2)ccc1OC. The molecule has 168 valence electrons. The number of methoxy groups -OCH3 is 1. The zero-order valence-electron chi connectivity index (χ0n) is 18.3. The molecule has 0 aliphatic carbocycles. The predicted molar refractivity (Wildman–Crippen MR) is 120 cm³/mol. The maximum atomic E-state index is 13.0. The van der Waals surface area contributed by atoms with Gasteiger partial charge in [-0.25, -0.2) is 8.42 Å². The van der Waals surface area contributed by atoms with E-state index in [-0.39, 0.29) is 10.8 Å². The lowest BCUT2D eigenvalue weighted by Gasteiger charge is -2.26. The van der Waals surface area contributed by atoms with Gasteiger partial charge in [0.25, 0.3) is 5.91 Å². The van der Waals surface area contributed by atoms with Crippen molar-refractivity contribution in [3.05, 3.63) is 48.0 Å². The number of rotatable bonds is 8. The van der Waals surface area contributed by atoms with Gasteiger partial charge >= 0.3 is 0 Å². The van der Waals surface area contributed by atoms with Gasteiger partial charge in [0.05, 0.1) is 17.7 Å². The summed E-state index contributed by atoms with van der Waals surface area (Å²) in [5.74, 6) is 0.658. The molecule has 7 nitrogen and oxygen atoms in total. The van der Waals surface area contributed by atoms with Crippen LogP contribution in [0, 0.1) is 6.92 Å². The predicted octanol–water partition coefficient (Wildman–Crippen LogP) is 3.97. The number of piperidine rings is 1. The van der Waals surface area contributed by atoms with Crippen molar-refractivity contribution in [2.45, 2.75) is 50.5 Å². The molecule has 1 fully saturated rings. The average molecular weight is 447 g/mol. The maximum absolute atomic E-state index is 13.0. The van der Waals surface area contributed by atoms with Crippen molar-refractivity contribution in [3.8, 4) is 11.5 Å². The number of hydrogen-bond acceptors (Lipinski definition) is 5. The van der Waals surface area contributed by atoms with Gasteiger partial charge in [0, 0.05) is 13.1 Å². The number of nitrogens with zero attached hydrogens (tertiary/aromatic N) is 1. The van der Waals surface area contributed by atoms with Crippen molar-refractivity contribution in [1.29, 1.82) is 0 Å². The third kappa shape index (κ3) is 5.37. The molecule has 0 spiro atoms. The molecule has 1 amide bonds. The number of hydrogen-bond donors (Lipinski definition) is 1. The van der Waals surface area contributed by atoms with Crippen LogP contribution in [0.5, 0.6) is 11.5 Å². The summed E-state index contributed by atoms with van der Waals surface area (Å²) in [7, 11) is -2.15. The van der Waals surface area contributed by atoms with Gasteiger partial charge in [0.15, 0.2) is 6.10 Å². The molecule has 0 bridgehead atoms. The number of carbonyl (C=O) groups is 1. The van der Waals surface area contributed by atoms with E-state index in [0.29, 0.717) is 36.7 Å². The van der Waals surface area contributed by atoms with E-state index in [1.807, 2.05) is 38.1 Å². The smallest absolute Gasteiger partial charge is 0.265 e. The molecule has 3 rings (SSSR count). The largest absolute Gasteiger partial charge is 0.495 e. The summed E-state index contributed by atoms with van der Waals surface area (Å²) in [6, 6.07) is 12.0. The topological polar surface area (TPSA) is 84.9 Å². The van der Waals surface area contributed by atoms with Crippen molar-refractivity contribution in [3.63, 3.8) is 0 Å². The van der Waals surface area contributed by atoms with E-state index in [9.17, 15) is 13.2 Å². The number of ether oxygens (including phenoxy) is 2.